The highest BCUT2D eigenvalue weighted by molar-refractivity contribution is 5.75. The maximum Gasteiger partial charge on any atom is 0.307 e. The molecular formula is C12H18O2. The summed E-state index contributed by atoms with van der Waals surface area (Å²) in [5.74, 6) is 0.957. The predicted molar refractivity (Wildman–Crippen MR) is 52.8 cm³/mol. The number of carbonyl (C=O) groups is 1. The van der Waals surface area contributed by atoms with Gasteiger partial charge >= 0.3 is 5.97 Å². The molecule has 0 radical (unpaired) electrons. The molecule has 3 saturated carbocycles. The van der Waals surface area contributed by atoms with E-state index in [-0.39, 0.29) is 11.3 Å². The molecule has 1 N–H and O–H groups in total. The van der Waals surface area contributed by atoms with E-state index in [1.54, 1.807) is 0 Å². The van der Waals surface area contributed by atoms with Crippen LogP contribution in [0, 0.1) is 28.6 Å². The maximum absolute atomic E-state index is 11.1. The van der Waals surface area contributed by atoms with E-state index < -0.39 is 5.97 Å². The second kappa shape index (κ2) is 2.17. The van der Waals surface area contributed by atoms with Crippen LogP contribution in [0.15, 0.2) is 0 Å². The lowest BCUT2D eigenvalue weighted by atomic mass is 9.65. The van der Waals surface area contributed by atoms with E-state index in [4.69, 9.17) is 5.11 Å². The molecule has 78 valence electrons. The maximum atomic E-state index is 11.1. The number of hydrogen-bond donors (Lipinski definition) is 1. The normalized spacial score (nSPS) is 52.6. The van der Waals surface area contributed by atoms with Crippen molar-refractivity contribution in [3.63, 3.8) is 0 Å². The predicted octanol–water partition coefficient (Wildman–Crippen LogP) is 2.53. The molecule has 3 fully saturated rings. The summed E-state index contributed by atoms with van der Waals surface area (Å²) in [6.45, 7) is 4.61. The molecule has 0 aromatic heterocycles. The zero-order chi connectivity index (χ0) is 10.1. The lowest BCUT2D eigenvalue weighted by Crippen LogP contribution is -2.35. The smallest absolute Gasteiger partial charge is 0.307 e. The molecule has 2 nitrogen and oxygen atoms in total. The largest absolute Gasteiger partial charge is 0.481 e. The van der Waals surface area contributed by atoms with Crippen molar-refractivity contribution in [3.05, 3.63) is 0 Å². The third kappa shape index (κ3) is 0.697. The van der Waals surface area contributed by atoms with Gasteiger partial charge in [0, 0.05) is 0 Å². The molecule has 3 aliphatic carbocycles. The average molecular weight is 194 g/mol. The summed E-state index contributed by atoms with van der Waals surface area (Å²) in [6.07, 6.45) is 4.89. The molecule has 0 aromatic carbocycles. The fourth-order valence-corrected chi connectivity index (χ4v) is 4.76. The Balaban J connectivity index is 1.98. The Morgan fingerprint density at radius 2 is 1.93 bits per heavy atom. The number of rotatable bonds is 1. The third-order valence-corrected chi connectivity index (χ3v) is 5.68. The number of fused-ring (bicyclic) bond motifs is 3. The fraction of sp³-hybridized carbons (Fsp3) is 0.917. The van der Waals surface area contributed by atoms with E-state index >= 15 is 0 Å². The van der Waals surface area contributed by atoms with Crippen molar-refractivity contribution < 1.29 is 9.90 Å². The van der Waals surface area contributed by atoms with Crippen molar-refractivity contribution in [1.82, 2.24) is 0 Å². The van der Waals surface area contributed by atoms with Gasteiger partial charge in [-0.15, -0.1) is 0 Å². The molecule has 2 heteroatoms. The highest BCUT2D eigenvalue weighted by atomic mass is 16.4. The summed E-state index contributed by atoms with van der Waals surface area (Å²) in [4.78, 5) is 11.1. The molecule has 3 aliphatic rings. The van der Waals surface area contributed by atoms with Crippen LogP contribution < -0.4 is 0 Å². The van der Waals surface area contributed by atoms with Crippen LogP contribution in [0.4, 0.5) is 0 Å². The van der Waals surface area contributed by atoms with Gasteiger partial charge in [0.15, 0.2) is 0 Å². The molecule has 4 atom stereocenters. The molecule has 3 rings (SSSR count). The summed E-state index contributed by atoms with van der Waals surface area (Å²) in [6, 6.07) is 0. The van der Waals surface area contributed by atoms with Gasteiger partial charge in [0.25, 0.3) is 0 Å². The van der Waals surface area contributed by atoms with Crippen LogP contribution in [0.5, 0.6) is 0 Å². The van der Waals surface area contributed by atoms with E-state index in [9.17, 15) is 4.79 Å². The van der Waals surface area contributed by atoms with Gasteiger partial charge in [-0.05, 0) is 48.3 Å². The van der Waals surface area contributed by atoms with Crippen molar-refractivity contribution in [3.8, 4) is 0 Å². The lowest BCUT2D eigenvalue weighted by Gasteiger charge is -2.39. The number of aliphatic carboxylic acids is 1. The zero-order valence-electron chi connectivity index (χ0n) is 8.92. The first-order valence-electron chi connectivity index (χ1n) is 5.73. The van der Waals surface area contributed by atoms with E-state index in [1.807, 2.05) is 0 Å². The summed E-state index contributed by atoms with van der Waals surface area (Å²) in [5, 5.41) is 9.14. The Bertz CT molecular complexity index is 307. The number of hydrogen-bond acceptors (Lipinski definition) is 1. The first-order chi connectivity index (χ1) is 6.50. The fourth-order valence-electron chi connectivity index (χ4n) is 4.76. The highest BCUT2D eigenvalue weighted by Crippen LogP contribution is 2.79. The molecule has 2 bridgehead atoms. The van der Waals surface area contributed by atoms with Crippen LogP contribution >= 0.6 is 0 Å². The summed E-state index contributed by atoms with van der Waals surface area (Å²) in [7, 11) is 0. The van der Waals surface area contributed by atoms with Crippen molar-refractivity contribution >= 4 is 5.97 Å². The van der Waals surface area contributed by atoms with Gasteiger partial charge in [0.05, 0.1) is 5.92 Å². The lowest BCUT2D eigenvalue weighted by molar-refractivity contribution is -0.140. The molecule has 1 spiro atoms. The van der Waals surface area contributed by atoms with E-state index in [0.29, 0.717) is 5.41 Å². The summed E-state index contributed by atoms with van der Waals surface area (Å²) >= 11 is 0. The molecule has 14 heavy (non-hydrogen) atoms. The van der Waals surface area contributed by atoms with Crippen LogP contribution in [0.25, 0.3) is 0 Å². The molecule has 4 unspecified atom stereocenters. The van der Waals surface area contributed by atoms with E-state index in [0.717, 1.165) is 18.3 Å². The van der Waals surface area contributed by atoms with Crippen LogP contribution in [0.2, 0.25) is 0 Å². The number of carboxylic acid groups (broad SMARTS) is 1. The Kier molecular flexibility index (Phi) is 1.36. The molecule has 0 aromatic rings. The first-order valence-corrected chi connectivity index (χ1v) is 5.73. The van der Waals surface area contributed by atoms with E-state index in [1.165, 1.54) is 19.3 Å². The van der Waals surface area contributed by atoms with Crippen molar-refractivity contribution in [2.75, 3.05) is 0 Å². The monoisotopic (exact) mass is 194 g/mol. The molecule has 0 aliphatic heterocycles. The van der Waals surface area contributed by atoms with Gasteiger partial charge in [0.1, 0.15) is 0 Å². The van der Waals surface area contributed by atoms with Crippen molar-refractivity contribution in [2.45, 2.75) is 39.5 Å². The zero-order valence-corrected chi connectivity index (χ0v) is 8.92. The van der Waals surface area contributed by atoms with Crippen LogP contribution in [-0.2, 0) is 4.79 Å². The average Bonchev–Trinajstić information content (AvgIpc) is 2.60. The standard InChI is InChI=1S/C12H18O2/c1-11(2)7-3-4-8(5-7)12(11)6-9(12)10(13)14/h7-9H,3-6H2,1-2H3,(H,13,14). The van der Waals surface area contributed by atoms with Gasteiger partial charge < -0.3 is 5.11 Å². The number of carboxylic acids is 1. The minimum Gasteiger partial charge on any atom is -0.481 e. The van der Waals surface area contributed by atoms with Gasteiger partial charge in [-0.1, -0.05) is 13.8 Å². The Morgan fingerprint density at radius 1 is 1.29 bits per heavy atom. The Hall–Kier alpha value is -0.530. The topological polar surface area (TPSA) is 37.3 Å². The Morgan fingerprint density at radius 3 is 2.36 bits per heavy atom. The van der Waals surface area contributed by atoms with Gasteiger partial charge in [-0.3, -0.25) is 4.79 Å². The first kappa shape index (κ1) is 8.75. The van der Waals surface area contributed by atoms with Crippen LogP contribution in [0.1, 0.15) is 39.5 Å². The van der Waals surface area contributed by atoms with Gasteiger partial charge in [0.2, 0.25) is 0 Å². The second-order valence-electron chi connectivity index (χ2n) is 6.06. The molecule has 0 saturated heterocycles. The van der Waals surface area contributed by atoms with Crippen molar-refractivity contribution in [1.29, 1.82) is 0 Å². The van der Waals surface area contributed by atoms with Gasteiger partial charge in [-0.25, -0.2) is 0 Å². The second-order valence-corrected chi connectivity index (χ2v) is 6.06. The minimum atomic E-state index is -0.550. The third-order valence-electron chi connectivity index (χ3n) is 5.68. The highest BCUT2D eigenvalue weighted by Gasteiger charge is 2.75. The van der Waals surface area contributed by atoms with Crippen molar-refractivity contribution in [2.24, 2.45) is 28.6 Å². The van der Waals surface area contributed by atoms with E-state index in [2.05, 4.69) is 13.8 Å². The summed E-state index contributed by atoms with van der Waals surface area (Å²) in [5.41, 5.74) is 0.487. The van der Waals surface area contributed by atoms with Crippen LogP contribution in [0.3, 0.4) is 0 Å². The van der Waals surface area contributed by atoms with Gasteiger partial charge in [-0.2, -0.15) is 0 Å². The molecular weight excluding hydrogens is 176 g/mol. The minimum absolute atomic E-state index is 0.0206. The molecule has 0 amide bonds. The summed E-state index contributed by atoms with van der Waals surface area (Å²) < 4.78 is 0. The molecule has 0 heterocycles. The Labute approximate surface area is 84.7 Å². The SMILES string of the molecule is CC1(C)C2CCC(C2)C12CC2C(=O)O. The quantitative estimate of drug-likeness (QED) is 0.696. The van der Waals surface area contributed by atoms with Crippen LogP contribution in [-0.4, -0.2) is 11.1 Å².